The second kappa shape index (κ2) is 15.8. The van der Waals surface area contributed by atoms with Gasteiger partial charge in [-0.3, -0.25) is 9.98 Å². The van der Waals surface area contributed by atoms with Gasteiger partial charge < -0.3 is 10.2 Å². The van der Waals surface area contributed by atoms with Crippen LogP contribution < -0.4 is 10.2 Å². The second-order valence-corrected chi connectivity index (χ2v) is 7.96. The summed E-state index contributed by atoms with van der Waals surface area (Å²) in [5.74, 6) is -0.760. The van der Waals surface area contributed by atoms with Crippen LogP contribution in [0, 0.1) is 6.92 Å². The van der Waals surface area contributed by atoms with E-state index >= 15 is 0 Å². The summed E-state index contributed by atoms with van der Waals surface area (Å²) in [6.07, 6.45) is 5.22. The van der Waals surface area contributed by atoms with Crippen LogP contribution in [0.3, 0.4) is 0 Å². The topological polar surface area (TPSA) is 70.8 Å². The fourth-order valence-electron chi connectivity index (χ4n) is 3.37. The predicted molar refractivity (Wildman–Crippen MR) is 136 cm³/mol. The molecule has 0 aliphatic rings. The Kier molecular flexibility index (Phi) is 13.6. The number of unbranched alkanes of at least 4 members (excludes halogenated alkanes) is 2. The number of rotatable bonds is 8. The molecule has 0 fully saturated rings. The van der Waals surface area contributed by atoms with E-state index < -0.39 is 0 Å². The van der Waals surface area contributed by atoms with Crippen LogP contribution in [0.15, 0.2) is 82.8 Å². The molecule has 3 rings (SSSR count). The Hall–Kier alpha value is -2.91. The summed E-state index contributed by atoms with van der Waals surface area (Å²) in [4.78, 5) is 9.27. The van der Waals surface area contributed by atoms with E-state index in [-0.39, 0.29) is 28.0 Å². The van der Waals surface area contributed by atoms with Crippen molar-refractivity contribution < 1.29 is 26.7 Å². The minimum Gasteiger partial charge on any atom is -0.873 e. The number of benzene rings is 3. The Labute approximate surface area is 214 Å². The van der Waals surface area contributed by atoms with E-state index in [0.29, 0.717) is 0 Å². The van der Waals surface area contributed by atoms with Crippen LogP contribution in [0.2, 0.25) is 0 Å². The SMILES string of the molecule is CCC(=Nc1ccccc1)C(C)=Nc1ccccc1.CCCCCc1cc([O-])c([O-])cc1C.[Ni+2]. The standard InChI is InChI=1S/C17H18N2.C12H18O2.Ni/c1-3-17(19-16-12-8-5-9-13-16)14(2)18-15-10-6-4-7-11-15;1-3-4-5-6-10-8-12(14)11(13)7-9(10)2;/h4-13H,3H2,1-2H3;7-8,13-14H,3-6H2,1-2H3;/q;;+2/p-2. The van der Waals surface area contributed by atoms with Gasteiger partial charge in [-0.25, -0.2) is 0 Å². The molecular formula is C29H34N2NiO2. The Morgan fingerprint density at radius 3 is 1.82 bits per heavy atom. The molecule has 0 atom stereocenters. The minimum absolute atomic E-state index is 0. The molecule has 0 spiro atoms. The summed E-state index contributed by atoms with van der Waals surface area (Å²) >= 11 is 0. The molecule has 0 radical (unpaired) electrons. The maximum Gasteiger partial charge on any atom is 2.00 e. The molecule has 0 aliphatic heterocycles. The Morgan fingerprint density at radius 2 is 1.29 bits per heavy atom. The van der Waals surface area contributed by atoms with E-state index in [1.807, 2.05) is 74.5 Å². The molecule has 0 unspecified atom stereocenters. The van der Waals surface area contributed by atoms with Gasteiger partial charge in [0.15, 0.2) is 0 Å². The van der Waals surface area contributed by atoms with Gasteiger partial charge in [0.25, 0.3) is 0 Å². The average Bonchev–Trinajstić information content (AvgIpc) is 2.82. The zero-order chi connectivity index (χ0) is 24.1. The zero-order valence-electron chi connectivity index (χ0n) is 20.5. The number of aryl methyl sites for hydroxylation is 2. The molecule has 0 aromatic heterocycles. The first-order chi connectivity index (χ1) is 15.9. The maximum atomic E-state index is 11.1. The van der Waals surface area contributed by atoms with Gasteiger partial charge in [0.1, 0.15) is 0 Å². The third kappa shape index (κ3) is 9.93. The maximum absolute atomic E-state index is 11.1. The molecule has 3 aromatic rings. The first-order valence-corrected chi connectivity index (χ1v) is 11.7. The Morgan fingerprint density at radius 1 is 0.765 bits per heavy atom. The van der Waals surface area contributed by atoms with Crippen molar-refractivity contribution in [2.24, 2.45) is 9.98 Å². The van der Waals surface area contributed by atoms with E-state index in [1.54, 1.807) is 0 Å². The van der Waals surface area contributed by atoms with Crippen molar-refractivity contribution >= 4 is 22.8 Å². The average molecular weight is 501 g/mol. The number of hydrogen-bond acceptors (Lipinski definition) is 4. The molecule has 4 nitrogen and oxygen atoms in total. The third-order valence-corrected chi connectivity index (χ3v) is 5.28. The largest absolute Gasteiger partial charge is 2.00 e. The molecule has 0 N–H and O–H groups in total. The van der Waals surface area contributed by atoms with Crippen molar-refractivity contribution in [1.82, 2.24) is 0 Å². The van der Waals surface area contributed by atoms with Crippen molar-refractivity contribution in [2.75, 3.05) is 0 Å². The van der Waals surface area contributed by atoms with E-state index in [1.165, 1.54) is 25.0 Å². The smallest absolute Gasteiger partial charge is 0.873 e. The van der Waals surface area contributed by atoms with Crippen molar-refractivity contribution in [2.45, 2.75) is 59.8 Å². The predicted octanol–water partition coefficient (Wildman–Crippen LogP) is 6.83. The van der Waals surface area contributed by atoms with Gasteiger partial charge in [-0.05, 0) is 68.5 Å². The van der Waals surface area contributed by atoms with Gasteiger partial charge in [0, 0.05) is 0 Å². The Bertz CT molecular complexity index is 1050. The second-order valence-electron chi connectivity index (χ2n) is 7.96. The minimum atomic E-state index is -0.387. The van der Waals surface area contributed by atoms with Crippen LogP contribution in [0.1, 0.15) is 57.6 Å². The zero-order valence-corrected chi connectivity index (χ0v) is 21.5. The van der Waals surface area contributed by atoms with E-state index in [0.717, 1.165) is 53.2 Å². The molecule has 0 heterocycles. The van der Waals surface area contributed by atoms with Crippen molar-refractivity contribution in [3.05, 3.63) is 83.9 Å². The summed E-state index contributed by atoms with van der Waals surface area (Å²) in [6, 6.07) is 22.9. The summed E-state index contributed by atoms with van der Waals surface area (Å²) in [7, 11) is 0. The normalized spacial score (nSPS) is 11.3. The molecule has 182 valence electrons. The third-order valence-electron chi connectivity index (χ3n) is 5.28. The molecule has 0 aliphatic carbocycles. The van der Waals surface area contributed by atoms with Crippen LogP contribution in [-0.2, 0) is 22.9 Å². The van der Waals surface area contributed by atoms with E-state index in [2.05, 4.69) is 23.8 Å². The summed E-state index contributed by atoms with van der Waals surface area (Å²) in [5, 5.41) is 22.1. The number of nitrogens with zero attached hydrogens (tertiary/aromatic N) is 2. The quantitative estimate of drug-likeness (QED) is 0.193. The number of hydrogen-bond donors (Lipinski definition) is 0. The molecule has 0 saturated carbocycles. The van der Waals surface area contributed by atoms with Crippen molar-refractivity contribution in [1.29, 1.82) is 0 Å². The van der Waals surface area contributed by atoms with Gasteiger partial charge in [0.2, 0.25) is 0 Å². The van der Waals surface area contributed by atoms with Crippen LogP contribution in [0.5, 0.6) is 11.5 Å². The van der Waals surface area contributed by atoms with Gasteiger partial charge in [0.05, 0.1) is 22.8 Å². The first-order valence-electron chi connectivity index (χ1n) is 11.7. The summed E-state index contributed by atoms with van der Waals surface area (Å²) in [6.45, 7) is 8.15. The molecule has 34 heavy (non-hydrogen) atoms. The first kappa shape index (κ1) is 29.1. The van der Waals surface area contributed by atoms with Gasteiger partial charge in [-0.2, -0.15) is 0 Å². The molecule has 5 heteroatoms. The molecule has 0 bridgehead atoms. The number of aliphatic imine (C=N–C) groups is 2. The van der Waals surface area contributed by atoms with Crippen LogP contribution in [-0.4, -0.2) is 11.4 Å². The fraction of sp³-hybridized carbons (Fsp3) is 0.310. The van der Waals surface area contributed by atoms with Crippen molar-refractivity contribution in [3.8, 4) is 11.5 Å². The molecule has 0 amide bonds. The monoisotopic (exact) mass is 500 g/mol. The van der Waals surface area contributed by atoms with Crippen LogP contribution in [0.25, 0.3) is 0 Å². The van der Waals surface area contributed by atoms with Gasteiger partial charge in [-0.1, -0.05) is 75.2 Å². The van der Waals surface area contributed by atoms with E-state index in [9.17, 15) is 10.2 Å². The fourth-order valence-corrected chi connectivity index (χ4v) is 3.37. The van der Waals surface area contributed by atoms with Crippen molar-refractivity contribution in [3.63, 3.8) is 0 Å². The number of para-hydroxylation sites is 2. The van der Waals surface area contributed by atoms with Crippen LogP contribution >= 0.6 is 0 Å². The summed E-state index contributed by atoms with van der Waals surface area (Å²) in [5.41, 5.74) is 5.91. The molecule has 0 saturated heterocycles. The molecule has 3 aromatic carbocycles. The van der Waals surface area contributed by atoms with Gasteiger partial charge in [-0.15, -0.1) is 11.5 Å². The summed E-state index contributed by atoms with van der Waals surface area (Å²) < 4.78 is 0. The van der Waals surface area contributed by atoms with E-state index in [4.69, 9.17) is 0 Å². The Balaban J connectivity index is 0.000000346. The molecular weight excluding hydrogens is 467 g/mol. The van der Waals surface area contributed by atoms with Gasteiger partial charge >= 0.3 is 16.5 Å². The van der Waals surface area contributed by atoms with Crippen LogP contribution in [0.4, 0.5) is 11.4 Å².